The molecule has 0 saturated heterocycles. The molecule has 0 saturated carbocycles. The van der Waals surface area contributed by atoms with Crippen LogP contribution >= 0.6 is 11.3 Å². The molecule has 1 aromatic heterocycles. The molecule has 10 heteroatoms. The van der Waals surface area contributed by atoms with Gasteiger partial charge in [0.25, 0.3) is 11.8 Å². The molecule has 0 aliphatic heterocycles. The highest BCUT2D eigenvalue weighted by atomic mass is 32.1. The summed E-state index contributed by atoms with van der Waals surface area (Å²) in [4.78, 5) is 31.2. The van der Waals surface area contributed by atoms with E-state index < -0.39 is 11.7 Å². The normalized spacial score (nSPS) is 11.3. The zero-order valence-corrected chi connectivity index (χ0v) is 20.3. The van der Waals surface area contributed by atoms with E-state index in [1.54, 1.807) is 42.3 Å². The van der Waals surface area contributed by atoms with E-state index in [2.05, 4.69) is 15.6 Å². The Morgan fingerprint density at radius 2 is 1.80 bits per heavy atom. The van der Waals surface area contributed by atoms with Crippen molar-refractivity contribution in [2.24, 2.45) is 0 Å². The summed E-state index contributed by atoms with van der Waals surface area (Å²) < 4.78 is 38.4. The van der Waals surface area contributed by atoms with Crippen molar-refractivity contribution in [3.63, 3.8) is 0 Å². The Balaban J connectivity index is 1.42. The maximum Gasteiger partial charge on any atom is 0.416 e. The fourth-order valence-corrected chi connectivity index (χ4v) is 4.20. The summed E-state index contributed by atoms with van der Waals surface area (Å²) >= 11 is 1.49. The first-order valence-corrected chi connectivity index (χ1v) is 11.9. The topological polar surface area (TPSA) is 74.3 Å². The number of amides is 2. The second-order valence-corrected chi connectivity index (χ2v) is 9.05. The second-order valence-electron chi connectivity index (χ2n) is 8.11. The van der Waals surface area contributed by atoms with E-state index in [1.807, 2.05) is 12.3 Å². The third-order valence-electron chi connectivity index (χ3n) is 5.16. The average molecular weight is 505 g/mol. The van der Waals surface area contributed by atoms with E-state index in [1.165, 1.54) is 17.4 Å². The number of halogens is 3. The molecule has 6 nitrogen and oxygen atoms in total. The lowest BCUT2D eigenvalue weighted by molar-refractivity contribution is -0.137. The first-order chi connectivity index (χ1) is 16.6. The molecule has 35 heavy (non-hydrogen) atoms. The summed E-state index contributed by atoms with van der Waals surface area (Å²) in [6.07, 6.45) is -3.77. The van der Waals surface area contributed by atoms with Gasteiger partial charge in [0.1, 0.15) is 5.01 Å². The predicted octanol–water partition coefficient (Wildman–Crippen LogP) is 4.65. The van der Waals surface area contributed by atoms with Crippen LogP contribution < -0.4 is 10.6 Å². The first kappa shape index (κ1) is 26.4. The van der Waals surface area contributed by atoms with Crippen molar-refractivity contribution < 1.29 is 22.8 Å². The van der Waals surface area contributed by atoms with Crippen molar-refractivity contribution in [1.82, 2.24) is 20.5 Å². The van der Waals surface area contributed by atoms with Crippen LogP contribution in [0.15, 0.2) is 53.9 Å². The van der Waals surface area contributed by atoms with E-state index >= 15 is 0 Å². The van der Waals surface area contributed by atoms with Crippen molar-refractivity contribution in [1.29, 1.82) is 0 Å². The minimum atomic E-state index is -4.36. The molecule has 1 heterocycles. The van der Waals surface area contributed by atoms with Crippen molar-refractivity contribution in [3.8, 4) is 0 Å². The maximum atomic E-state index is 12.8. The van der Waals surface area contributed by atoms with Crippen LogP contribution in [-0.2, 0) is 19.3 Å². The molecule has 2 aromatic carbocycles. The molecule has 3 rings (SSSR count). The number of carbonyl (C=O) groups is 2. The molecular formula is C25H27F3N4O2S. The van der Waals surface area contributed by atoms with E-state index in [-0.39, 0.29) is 11.8 Å². The van der Waals surface area contributed by atoms with Crippen molar-refractivity contribution >= 4 is 23.2 Å². The van der Waals surface area contributed by atoms with Gasteiger partial charge in [-0.15, -0.1) is 11.3 Å². The highest BCUT2D eigenvalue weighted by molar-refractivity contribution is 7.09. The van der Waals surface area contributed by atoms with E-state index in [9.17, 15) is 22.8 Å². The van der Waals surface area contributed by atoms with E-state index in [0.29, 0.717) is 49.3 Å². The minimum absolute atomic E-state index is 0.203. The molecule has 0 bridgehead atoms. The first-order valence-electron chi connectivity index (χ1n) is 11.0. The van der Waals surface area contributed by atoms with Crippen LogP contribution in [-0.4, -0.2) is 41.8 Å². The number of aryl methyl sites for hydroxylation is 1. The fourth-order valence-electron chi connectivity index (χ4n) is 3.37. The predicted molar refractivity (Wildman–Crippen MR) is 129 cm³/mol. The Morgan fingerprint density at radius 3 is 2.51 bits per heavy atom. The molecule has 2 amide bonds. The van der Waals surface area contributed by atoms with Gasteiger partial charge in [-0.1, -0.05) is 24.3 Å². The van der Waals surface area contributed by atoms with Crippen molar-refractivity contribution in [2.75, 3.05) is 20.1 Å². The lowest BCUT2D eigenvalue weighted by Crippen LogP contribution is -2.28. The van der Waals surface area contributed by atoms with E-state index in [0.717, 1.165) is 22.8 Å². The lowest BCUT2D eigenvalue weighted by Gasteiger charge is -2.16. The van der Waals surface area contributed by atoms with Gasteiger partial charge >= 0.3 is 6.18 Å². The van der Waals surface area contributed by atoms with Crippen LogP contribution in [0, 0.1) is 6.92 Å². The number of nitrogens with one attached hydrogen (secondary N) is 2. The summed E-state index contributed by atoms with van der Waals surface area (Å²) in [7, 11) is 1.69. The average Bonchev–Trinajstić information content (AvgIpc) is 3.24. The molecule has 0 radical (unpaired) electrons. The van der Waals surface area contributed by atoms with Gasteiger partial charge in [-0.05, 0) is 49.7 Å². The molecule has 0 spiro atoms. The number of nitrogens with zero attached hydrogens (tertiary/aromatic N) is 2. The SMILES string of the molecule is Cc1csc(CN(C)C(=O)c2cccc(C(=O)NCCCNCc3cccc(C(F)(F)F)c3)c2)n1. The highest BCUT2D eigenvalue weighted by Gasteiger charge is 2.30. The van der Waals surface area contributed by atoms with Gasteiger partial charge < -0.3 is 15.5 Å². The molecule has 3 aromatic rings. The van der Waals surface area contributed by atoms with Gasteiger partial charge in [0, 0.05) is 42.3 Å². The van der Waals surface area contributed by atoms with Crippen molar-refractivity contribution in [2.45, 2.75) is 32.6 Å². The van der Waals surface area contributed by atoms with Crippen LogP contribution in [0.3, 0.4) is 0 Å². The molecule has 0 fully saturated rings. The third-order valence-corrected chi connectivity index (χ3v) is 6.11. The zero-order chi connectivity index (χ0) is 25.4. The number of thiazole rings is 1. The number of rotatable bonds is 10. The number of benzene rings is 2. The van der Waals surface area contributed by atoms with Crippen LogP contribution in [0.4, 0.5) is 13.2 Å². The number of hydrogen-bond acceptors (Lipinski definition) is 5. The quantitative estimate of drug-likeness (QED) is 0.394. The summed E-state index contributed by atoms with van der Waals surface area (Å²) in [5.74, 6) is -0.498. The number of carbonyl (C=O) groups excluding carboxylic acids is 2. The summed E-state index contributed by atoms with van der Waals surface area (Å²) in [5, 5.41) is 8.65. The Morgan fingerprint density at radius 1 is 1.06 bits per heavy atom. The highest BCUT2D eigenvalue weighted by Crippen LogP contribution is 2.29. The monoisotopic (exact) mass is 504 g/mol. The number of alkyl halides is 3. The molecular weight excluding hydrogens is 477 g/mol. The zero-order valence-electron chi connectivity index (χ0n) is 19.5. The molecule has 2 N–H and O–H groups in total. The van der Waals surface area contributed by atoms with Crippen LogP contribution in [0.5, 0.6) is 0 Å². The Labute approximate surface area is 206 Å². The van der Waals surface area contributed by atoms with E-state index in [4.69, 9.17) is 0 Å². The fraction of sp³-hybridized carbons (Fsp3) is 0.320. The third kappa shape index (κ3) is 7.90. The molecule has 0 aliphatic carbocycles. The smallest absolute Gasteiger partial charge is 0.352 e. The molecule has 0 aliphatic rings. The van der Waals surface area contributed by atoms with Gasteiger partial charge in [-0.2, -0.15) is 13.2 Å². The Kier molecular flexibility index (Phi) is 9.00. The summed E-state index contributed by atoms with van der Waals surface area (Å²) in [5.41, 5.74) is 1.58. The van der Waals surface area contributed by atoms with Gasteiger partial charge in [-0.25, -0.2) is 4.98 Å². The van der Waals surface area contributed by atoms with Crippen LogP contribution in [0.25, 0.3) is 0 Å². The maximum absolute atomic E-state index is 12.8. The lowest BCUT2D eigenvalue weighted by atomic mass is 10.1. The Bertz CT molecular complexity index is 1160. The van der Waals surface area contributed by atoms with Gasteiger partial charge in [0.15, 0.2) is 0 Å². The molecule has 0 unspecified atom stereocenters. The summed E-state index contributed by atoms with van der Waals surface area (Å²) in [6.45, 7) is 3.50. The van der Waals surface area contributed by atoms with Gasteiger partial charge in [0.05, 0.1) is 12.1 Å². The summed E-state index contributed by atoms with van der Waals surface area (Å²) in [6, 6.07) is 11.7. The van der Waals surface area contributed by atoms with Crippen LogP contribution in [0.2, 0.25) is 0 Å². The van der Waals surface area contributed by atoms with Gasteiger partial charge in [0.2, 0.25) is 0 Å². The standard InChI is InChI=1S/C25H27F3N4O2S/c1-17-16-35-22(31-17)15-32(2)24(34)20-8-4-7-19(13-20)23(33)30-11-5-10-29-14-18-6-3-9-21(12-18)25(26,27)28/h3-4,6-9,12-13,16,29H,5,10-11,14-15H2,1-2H3,(H,30,33). The second kappa shape index (κ2) is 11.9. The van der Waals surface area contributed by atoms with Gasteiger partial charge in [-0.3, -0.25) is 9.59 Å². The molecule has 186 valence electrons. The Hall–Kier alpha value is -3.24. The van der Waals surface area contributed by atoms with Crippen molar-refractivity contribution in [3.05, 3.63) is 86.9 Å². The molecule has 0 atom stereocenters. The number of aromatic nitrogens is 1. The minimum Gasteiger partial charge on any atom is -0.352 e. The number of hydrogen-bond donors (Lipinski definition) is 2. The van der Waals surface area contributed by atoms with Crippen LogP contribution in [0.1, 0.15) is 49.0 Å². The largest absolute Gasteiger partial charge is 0.416 e.